The molecule has 96 valence electrons. The van der Waals surface area contributed by atoms with Gasteiger partial charge in [-0.15, -0.1) is 0 Å². The number of nitrogens with zero attached hydrogens (tertiary/aromatic N) is 2. The van der Waals surface area contributed by atoms with E-state index in [2.05, 4.69) is 10.3 Å². The van der Waals surface area contributed by atoms with E-state index in [1.807, 2.05) is 51.4 Å². The van der Waals surface area contributed by atoms with Crippen LogP contribution >= 0.6 is 11.8 Å². The Balaban J connectivity index is 3.12. The Morgan fingerprint density at radius 2 is 2.22 bits per heavy atom. The number of benzene rings is 1. The molecule has 0 saturated heterocycles. The van der Waals surface area contributed by atoms with Gasteiger partial charge in [0.05, 0.1) is 6.10 Å². The van der Waals surface area contributed by atoms with E-state index in [0.717, 1.165) is 17.0 Å². The highest BCUT2D eigenvalue weighted by Crippen LogP contribution is 2.30. The number of thioether (sulfide) groups is 1. The van der Waals surface area contributed by atoms with Crippen LogP contribution in [0, 0.1) is 18.4 Å². The first-order valence-electron chi connectivity index (χ1n) is 5.62. The second-order valence-electron chi connectivity index (χ2n) is 4.00. The number of aryl methyl sites for hydroxylation is 1. The highest BCUT2D eigenvalue weighted by Gasteiger charge is 2.06. The van der Waals surface area contributed by atoms with E-state index in [1.165, 1.54) is 11.8 Å². The molecule has 0 amide bonds. The van der Waals surface area contributed by atoms with Crippen molar-refractivity contribution in [2.75, 3.05) is 6.26 Å². The maximum Gasteiger partial charge on any atom is 0.183 e. The van der Waals surface area contributed by atoms with Crippen LogP contribution in [0.3, 0.4) is 0 Å². The molecule has 1 N–H and O–H groups in total. The molecule has 0 radical (unpaired) electrons. The summed E-state index contributed by atoms with van der Waals surface area (Å²) in [6, 6.07) is 5.82. The SMILES string of the molecule is CSC(=Nc1cc(C)ccc1OC(C)C)NC#N. The van der Waals surface area contributed by atoms with Crippen molar-refractivity contribution in [3.05, 3.63) is 23.8 Å². The molecule has 0 atom stereocenters. The largest absolute Gasteiger partial charge is 0.489 e. The molecular formula is C13H17N3OS. The third kappa shape index (κ3) is 4.30. The molecule has 1 aromatic rings. The summed E-state index contributed by atoms with van der Waals surface area (Å²) in [5, 5.41) is 11.7. The Bertz CT molecular complexity index is 478. The van der Waals surface area contributed by atoms with Crippen LogP contribution in [0.5, 0.6) is 5.75 Å². The molecule has 5 heteroatoms. The third-order valence-corrected chi connectivity index (χ3v) is 2.64. The number of nitriles is 1. The molecule has 0 aliphatic carbocycles. The molecule has 0 bridgehead atoms. The summed E-state index contributed by atoms with van der Waals surface area (Å²) in [6.45, 7) is 5.93. The first-order valence-corrected chi connectivity index (χ1v) is 6.84. The number of rotatable bonds is 3. The molecule has 0 fully saturated rings. The van der Waals surface area contributed by atoms with Gasteiger partial charge in [0, 0.05) is 0 Å². The van der Waals surface area contributed by atoms with Crippen LogP contribution < -0.4 is 10.1 Å². The summed E-state index contributed by atoms with van der Waals surface area (Å²) in [6.07, 6.45) is 3.82. The van der Waals surface area contributed by atoms with Crippen LogP contribution in [0.25, 0.3) is 0 Å². The number of amidine groups is 1. The lowest BCUT2D eigenvalue weighted by Crippen LogP contribution is -2.13. The topological polar surface area (TPSA) is 57.4 Å². The van der Waals surface area contributed by atoms with Crippen LogP contribution in [-0.2, 0) is 0 Å². The number of hydrogen-bond donors (Lipinski definition) is 1. The summed E-state index contributed by atoms with van der Waals surface area (Å²) in [5.74, 6) is 0.724. The van der Waals surface area contributed by atoms with Gasteiger partial charge in [0.15, 0.2) is 11.4 Å². The normalized spacial score (nSPS) is 11.2. The number of ether oxygens (including phenoxy) is 1. The van der Waals surface area contributed by atoms with Crippen molar-refractivity contribution in [3.8, 4) is 11.9 Å². The standard InChI is InChI=1S/C13H17N3OS/c1-9(2)17-12-6-5-10(3)7-11(12)16-13(18-4)15-8-14/h5-7,9H,1-4H3,(H,15,16). The van der Waals surface area contributed by atoms with E-state index in [-0.39, 0.29) is 6.10 Å². The maximum absolute atomic E-state index is 8.63. The average molecular weight is 263 g/mol. The van der Waals surface area contributed by atoms with Crippen LogP contribution in [0.1, 0.15) is 19.4 Å². The van der Waals surface area contributed by atoms with Crippen molar-refractivity contribution in [1.82, 2.24) is 5.32 Å². The highest BCUT2D eigenvalue weighted by molar-refractivity contribution is 8.13. The Morgan fingerprint density at radius 3 is 2.78 bits per heavy atom. The van der Waals surface area contributed by atoms with Gasteiger partial charge in [-0.1, -0.05) is 17.8 Å². The third-order valence-electron chi connectivity index (χ3n) is 2.06. The monoisotopic (exact) mass is 263 g/mol. The molecular weight excluding hydrogens is 246 g/mol. The molecule has 0 spiro atoms. The summed E-state index contributed by atoms with van der Waals surface area (Å²) < 4.78 is 5.70. The molecule has 1 rings (SSSR count). The number of nitrogens with one attached hydrogen (secondary N) is 1. The van der Waals surface area contributed by atoms with Crippen LogP contribution in [0.2, 0.25) is 0 Å². The predicted molar refractivity (Wildman–Crippen MR) is 76.3 cm³/mol. The van der Waals surface area contributed by atoms with Crippen molar-refractivity contribution >= 4 is 22.6 Å². The zero-order valence-electron chi connectivity index (χ0n) is 11.0. The first kappa shape index (κ1) is 14.4. The zero-order chi connectivity index (χ0) is 13.5. The van der Waals surface area contributed by atoms with Gasteiger partial charge in [0.25, 0.3) is 0 Å². The number of hydrogen-bond acceptors (Lipinski definition) is 4. The molecule has 1 aromatic carbocycles. The van der Waals surface area contributed by atoms with Crippen LogP contribution in [0.15, 0.2) is 23.2 Å². The first-order chi connectivity index (χ1) is 8.56. The van der Waals surface area contributed by atoms with Gasteiger partial charge in [-0.2, -0.15) is 5.26 Å². The van der Waals surface area contributed by atoms with Crippen LogP contribution in [-0.4, -0.2) is 17.5 Å². The minimum atomic E-state index is 0.0864. The minimum Gasteiger partial charge on any atom is -0.489 e. The van der Waals surface area contributed by atoms with Crippen molar-refractivity contribution < 1.29 is 4.74 Å². The lowest BCUT2D eigenvalue weighted by Gasteiger charge is -2.13. The Kier molecular flexibility index (Phi) is 5.53. The van der Waals surface area contributed by atoms with Gasteiger partial charge in [0.1, 0.15) is 11.4 Å². The van der Waals surface area contributed by atoms with Gasteiger partial charge in [-0.3, -0.25) is 5.32 Å². The summed E-state index contributed by atoms with van der Waals surface area (Å²) in [7, 11) is 0. The highest BCUT2D eigenvalue weighted by atomic mass is 32.2. The van der Waals surface area contributed by atoms with Crippen molar-refractivity contribution in [3.63, 3.8) is 0 Å². The lowest BCUT2D eigenvalue weighted by molar-refractivity contribution is 0.243. The average Bonchev–Trinajstić information content (AvgIpc) is 2.31. The molecule has 0 aromatic heterocycles. The van der Waals surface area contributed by atoms with Gasteiger partial charge in [0.2, 0.25) is 0 Å². The van der Waals surface area contributed by atoms with E-state index in [1.54, 1.807) is 0 Å². The van der Waals surface area contributed by atoms with E-state index in [9.17, 15) is 0 Å². The zero-order valence-corrected chi connectivity index (χ0v) is 11.8. The quantitative estimate of drug-likeness (QED) is 0.394. The predicted octanol–water partition coefficient (Wildman–Crippen LogP) is 3.20. The number of aliphatic imine (C=N–C) groups is 1. The fourth-order valence-corrected chi connectivity index (χ4v) is 1.69. The van der Waals surface area contributed by atoms with Crippen molar-refractivity contribution in [2.45, 2.75) is 26.9 Å². The molecule has 4 nitrogen and oxygen atoms in total. The lowest BCUT2D eigenvalue weighted by atomic mass is 10.2. The van der Waals surface area contributed by atoms with E-state index >= 15 is 0 Å². The van der Waals surface area contributed by atoms with Gasteiger partial charge >= 0.3 is 0 Å². The summed E-state index contributed by atoms with van der Waals surface area (Å²) in [4.78, 5) is 4.40. The van der Waals surface area contributed by atoms with Gasteiger partial charge in [-0.05, 0) is 44.7 Å². The molecule has 18 heavy (non-hydrogen) atoms. The van der Waals surface area contributed by atoms with Gasteiger partial charge < -0.3 is 4.74 Å². The van der Waals surface area contributed by atoms with Crippen molar-refractivity contribution in [2.24, 2.45) is 4.99 Å². The molecule has 0 aliphatic rings. The molecule has 0 unspecified atom stereocenters. The second kappa shape index (κ2) is 6.92. The van der Waals surface area contributed by atoms with Crippen molar-refractivity contribution in [1.29, 1.82) is 5.26 Å². The fraction of sp³-hybridized carbons (Fsp3) is 0.385. The maximum atomic E-state index is 8.63. The molecule has 0 heterocycles. The fourth-order valence-electron chi connectivity index (χ4n) is 1.35. The molecule has 0 aliphatic heterocycles. The summed E-state index contributed by atoms with van der Waals surface area (Å²) >= 11 is 1.38. The summed E-state index contributed by atoms with van der Waals surface area (Å²) in [5.41, 5.74) is 1.83. The van der Waals surface area contributed by atoms with E-state index in [4.69, 9.17) is 10.00 Å². The smallest absolute Gasteiger partial charge is 0.183 e. The van der Waals surface area contributed by atoms with E-state index < -0.39 is 0 Å². The van der Waals surface area contributed by atoms with Crippen LogP contribution in [0.4, 0.5) is 5.69 Å². The minimum absolute atomic E-state index is 0.0864. The Labute approximate surface area is 112 Å². The Morgan fingerprint density at radius 1 is 1.50 bits per heavy atom. The van der Waals surface area contributed by atoms with E-state index in [0.29, 0.717) is 5.17 Å². The van der Waals surface area contributed by atoms with Gasteiger partial charge in [-0.25, -0.2) is 4.99 Å². The molecule has 0 saturated carbocycles. The second-order valence-corrected chi connectivity index (χ2v) is 4.79. The Hall–Kier alpha value is -1.67.